The predicted molar refractivity (Wildman–Crippen MR) is 156 cm³/mol. The highest BCUT2D eigenvalue weighted by molar-refractivity contribution is 6.30. The highest BCUT2D eigenvalue weighted by atomic mass is 35.5. The first-order valence-corrected chi connectivity index (χ1v) is 14.5. The van der Waals surface area contributed by atoms with E-state index in [-0.39, 0.29) is 12.3 Å². The first-order valence-electron chi connectivity index (χ1n) is 14.1. The van der Waals surface area contributed by atoms with Crippen LogP contribution in [-0.4, -0.2) is 48.3 Å². The van der Waals surface area contributed by atoms with Gasteiger partial charge in [0.2, 0.25) is 0 Å². The topological polar surface area (TPSA) is 105 Å². The molecule has 2 fully saturated rings. The maximum atomic E-state index is 13.2. The molecule has 0 saturated heterocycles. The Kier molecular flexibility index (Phi) is 8.79. The largest absolute Gasteiger partial charge is 0.462 e. The Hall–Kier alpha value is -3.39. The maximum absolute atomic E-state index is 13.2. The monoisotopic (exact) mass is 598 g/mol. The standard InChI is InChI=1S/C33H39ClO8/c1-17(2)33-18(3)9-12-24(33)15-26-19(4)27(42-31(38)23-10-13-25(34)14-11-23)16-28(39-20(5)35)32(26,8)29(40-21(6)36)30(33)41-22(7)37/h9-11,13-14,24,26-30H,1,4,12,15-16H2,2-3,5-8H3/t24?,26-,27+,28+,29+,30+,32+,33-/m1/s1. The van der Waals surface area contributed by atoms with Crippen LogP contribution < -0.4 is 0 Å². The normalized spacial score (nSPS) is 33.7. The number of carbonyl (C=O) groups is 4. The van der Waals surface area contributed by atoms with Gasteiger partial charge in [0.05, 0.1) is 16.4 Å². The van der Waals surface area contributed by atoms with Crippen LogP contribution in [0.15, 0.2) is 60.2 Å². The van der Waals surface area contributed by atoms with Gasteiger partial charge in [-0.25, -0.2) is 4.79 Å². The van der Waals surface area contributed by atoms with Crippen molar-refractivity contribution in [3.8, 4) is 0 Å². The third-order valence-corrected chi connectivity index (χ3v) is 9.78. The summed E-state index contributed by atoms with van der Waals surface area (Å²) in [6.07, 6.45) is -0.301. The molecule has 0 spiro atoms. The van der Waals surface area contributed by atoms with E-state index in [1.54, 1.807) is 24.3 Å². The fourth-order valence-corrected chi connectivity index (χ4v) is 7.86. The lowest BCUT2D eigenvalue weighted by molar-refractivity contribution is -0.210. The molecule has 0 radical (unpaired) electrons. The second kappa shape index (κ2) is 11.7. The van der Waals surface area contributed by atoms with E-state index in [1.807, 2.05) is 20.8 Å². The molecular weight excluding hydrogens is 560 g/mol. The number of hydrogen-bond acceptors (Lipinski definition) is 8. The smallest absolute Gasteiger partial charge is 0.338 e. The molecule has 8 atom stereocenters. The van der Waals surface area contributed by atoms with Crippen molar-refractivity contribution in [2.24, 2.45) is 22.7 Å². The zero-order valence-corrected chi connectivity index (χ0v) is 25.8. The van der Waals surface area contributed by atoms with E-state index >= 15 is 0 Å². The highest BCUT2D eigenvalue weighted by Crippen LogP contribution is 2.64. The van der Waals surface area contributed by atoms with E-state index in [1.165, 1.54) is 20.8 Å². The third kappa shape index (κ3) is 5.30. The van der Waals surface area contributed by atoms with Crippen LogP contribution in [0.1, 0.15) is 71.2 Å². The fourth-order valence-electron chi connectivity index (χ4n) is 7.73. The SMILES string of the molecule is C=C1[C@@H](OC(=O)c2ccc(Cl)cc2)C[C@H](OC(C)=O)[C@]2(C)[C@@H]1CC1CC=C(C)[C@@]1(C(=C)C)[C@@H](OC(C)=O)[C@@H]2OC(C)=O. The van der Waals surface area contributed by atoms with E-state index in [0.29, 0.717) is 29.0 Å². The minimum atomic E-state index is -1.09. The van der Waals surface area contributed by atoms with Gasteiger partial charge < -0.3 is 18.9 Å². The Morgan fingerprint density at radius 1 is 0.881 bits per heavy atom. The molecule has 226 valence electrons. The van der Waals surface area contributed by atoms with Crippen molar-refractivity contribution in [2.75, 3.05) is 0 Å². The first kappa shape index (κ1) is 31.5. The van der Waals surface area contributed by atoms with Gasteiger partial charge in [-0.05, 0) is 68.4 Å². The number of rotatable bonds is 6. The number of fused-ring (bicyclic) bond motifs is 2. The summed E-state index contributed by atoms with van der Waals surface area (Å²) in [5.74, 6) is -2.78. The zero-order chi connectivity index (χ0) is 31.1. The van der Waals surface area contributed by atoms with Gasteiger partial charge in [0.25, 0.3) is 0 Å². The third-order valence-electron chi connectivity index (χ3n) is 9.53. The highest BCUT2D eigenvalue weighted by Gasteiger charge is 2.68. The molecule has 0 heterocycles. The lowest BCUT2D eigenvalue weighted by Gasteiger charge is -2.53. The van der Waals surface area contributed by atoms with Crippen molar-refractivity contribution < 1.29 is 38.1 Å². The van der Waals surface area contributed by atoms with Crippen molar-refractivity contribution in [1.29, 1.82) is 0 Å². The molecule has 42 heavy (non-hydrogen) atoms. The van der Waals surface area contributed by atoms with E-state index in [2.05, 4.69) is 19.2 Å². The molecule has 1 aromatic rings. The van der Waals surface area contributed by atoms with Crippen LogP contribution in [0.25, 0.3) is 0 Å². The lowest BCUT2D eigenvalue weighted by Crippen LogP contribution is -2.62. The molecule has 4 rings (SSSR count). The van der Waals surface area contributed by atoms with Crippen LogP contribution >= 0.6 is 11.6 Å². The van der Waals surface area contributed by atoms with E-state index in [4.69, 9.17) is 30.5 Å². The second-order valence-electron chi connectivity index (χ2n) is 12.0. The molecule has 3 aliphatic carbocycles. The first-order chi connectivity index (χ1) is 19.6. The van der Waals surface area contributed by atoms with E-state index in [9.17, 15) is 19.2 Å². The molecule has 8 nitrogen and oxygen atoms in total. The van der Waals surface area contributed by atoms with Crippen LogP contribution in [0.4, 0.5) is 0 Å². The molecule has 0 amide bonds. The summed E-state index contributed by atoms with van der Waals surface area (Å²) in [5, 5.41) is 0.484. The molecule has 1 unspecified atom stereocenters. The van der Waals surface area contributed by atoms with Gasteiger partial charge >= 0.3 is 23.9 Å². The van der Waals surface area contributed by atoms with Gasteiger partial charge in [0.1, 0.15) is 18.3 Å². The number of esters is 4. The van der Waals surface area contributed by atoms with E-state index in [0.717, 1.165) is 11.1 Å². The number of halogens is 1. The number of hydrogen-bond donors (Lipinski definition) is 0. The summed E-state index contributed by atoms with van der Waals surface area (Å²) < 4.78 is 24.2. The molecule has 0 N–H and O–H groups in total. The average Bonchev–Trinajstić information content (AvgIpc) is 3.18. The average molecular weight is 599 g/mol. The van der Waals surface area contributed by atoms with Crippen LogP contribution in [0, 0.1) is 22.7 Å². The van der Waals surface area contributed by atoms with Crippen molar-refractivity contribution >= 4 is 35.5 Å². The summed E-state index contributed by atoms with van der Waals surface area (Å²) in [5.41, 5.74) is 0.725. The zero-order valence-electron chi connectivity index (χ0n) is 25.0. The summed E-state index contributed by atoms with van der Waals surface area (Å²) in [7, 11) is 0. The van der Waals surface area contributed by atoms with E-state index < -0.39 is 65.0 Å². The number of carbonyl (C=O) groups excluding carboxylic acids is 4. The maximum Gasteiger partial charge on any atom is 0.338 e. The Morgan fingerprint density at radius 2 is 1.45 bits per heavy atom. The van der Waals surface area contributed by atoms with Gasteiger partial charge in [0.15, 0.2) is 6.10 Å². The summed E-state index contributed by atoms with van der Waals surface area (Å²) in [6.45, 7) is 18.4. The summed E-state index contributed by atoms with van der Waals surface area (Å²) in [4.78, 5) is 51.1. The van der Waals surface area contributed by atoms with Gasteiger partial charge in [0, 0.05) is 32.2 Å². The number of ether oxygens (including phenoxy) is 4. The Balaban J connectivity index is 1.89. The van der Waals surface area contributed by atoms with Crippen LogP contribution in [0.3, 0.4) is 0 Å². The molecule has 3 aliphatic rings. The number of benzene rings is 1. The molecule has 0 bridgehead atoms. The minimum Gasteiger partial charge on any atom is -0.462 e. The summed E-state index contributed by atoms with van der Waals surface area (Å²) >= 11 is 5.99. The van der Waals surface area contributed by atoms with Crippen LogP contribution in [0.5, 0.6) is 0 Å². The minimum absolute atomic E-state index is 0.0782. The van der Waals surface area contributed by atoms with Gasteiger partial charge in [-0.15, -0.1) is 0 Å². The van der Waals surface area contributed by atoms with Gasteiger partial charge in [-0.3, -0.25) is 14.4 Å². The van der Waals surface area contributed by atoms with Gasteiger partial charge in [-0.1, -0.05) is 48.9 Å². The molecular formula is C33H39ClO8. The molecule has 2 saturated carbocycles. The quantitative estimate of drug-likeness (QED) is 0.217. The molecule has 0 aliphatic heterocycles. The van der Waals surface area contributed by atoms with Crippen LogP contribution in [0.2, 0.25) is 5.02 Å². The van der Waals surface area contributed by atoms with Crippen molar-refractivity contribution in [2.45, 2.75) is 85.2 Å². The Labute approximate surface area is 252 Å². The second-order valence-corrected chi connectivity index (χ2v) is 12.4. The number of allylic oxidation sites excluding steroid dienone is 1. The lowest BCUT2D eigenvalue weighted by atomic mass is 9.58. The Morgan fingerprint density at radius 3 is 2.00 bits per heavy atom. The fraction of sp³-hybridized carbons (Fsp3) is 0.515. The van der Waals surface area contributed by atoms with Gasteiger partial charge in [-0.2, -0.15) is 0 Å². The summed E-state index contributed by atoms with van der Waals surface area (Å²) in [6, 6.07) is 6.35. The molecule has 0 aromatic heterocycles. The van der Waals surface area contributed by atoms with Crippen molar-refractivity contribution in [3.05, 3.63) is 70.8 Å². The van der Waals surface area contributed by atoms with Crippen LogP contribution in [-0.2, 0) is 33.3 Å². The van der Waals surface area contributed by atoms with Crippen molar-refractivity contribution in [1.82, 2.24) is 0 Å². The molecule has 9 heteroatoms. The predicted octanol–water partition coefficient (Wildman–Crippen LogP) is 6.18. The van der Waals surface area contributed by atoms with Crippen molar-refractivity contribution in [3.63, 3.8) is 0 Å². The molecule has 1 aromatic carbocycles. The Bertz CT molecular complexity index is 1350.